The van der Waals surface area contributed by atoms with Crippen LogP contribution in [0.1, 0.15) is 20.8 Å². The third-order valence-corrected chi connectivity index (χ3v) is 6.15. The normalized spacial score (nSPS) is 11.0. The number of aromatic nitrogens is 1. The van der Waals surface area contributed by atoms with Gasteiger partial charge in [0.15, 0.2) is 5.13 Å². The van der Waals surface area contributed by atoms with Gasteiger partial charge in [0.1, 0.15) is 5.82 Å². The highest BCUT2D eigenvalue weighted by Gasteiger charge is 2.16. The minimum atomic E-state index is -3.80. The summed E-state index contributed by atoms with van der Waals surface area (Å²) in [5.74, 6) is 1.41. The maximum absolute atomic E-state index is 13.0. The first-order valence-electron chi connectivity index (χ1n) is 8.41. The number of anilines is 1. The number of nitrogens with one attached hydrogen (secondary N) is 2. The van der Waals surface area contributed by atoms with Gasteiger partial charge in [0.05, 0.1) is 11.4 Å². The lowest BCUT2D eigenvalue weighted by molar-refractivity contribution is 0.102. The third kappa shape index (κ3) is 5.48. The van der Waals surface area contributed by atoms with Gasteiger partial charge < -0.3 is 0 Å². The molecule has 29 heavy (non-hydrogen) atoms. The Labute approximate surface area is 171 Å². The van der Waals surface area contributed by atoms with Crippen molar-refractivity contribution in [2.75, 3.05) is 11.9 Å². The SMILES string of the molecule is C#CCNS(=O)(=O)c1cccc(C(=O)Nc2ncc(Cc3ccc(F)cc3)s2)c1. The second-order valence-corrected chi connectivity index (χ2v) is 8.83. The summed E-state index contributed by atoms with van der Waals surface area (Å²) in [5.41, 5.74) is 1.09. The lowest BCUT2D eigenvalue weighted by Gasteiger charge is -2.06. The molecule has 6 nitrogen and oxygen atoms in total. The van der Waals surface area contributed by atoms with Gasteiger partial charge in [-0.05, 0) is 35.9 Å². The van der Waals surface area contributed by atoms with Crippen molar-refractivity contribution >= 4 is 32.4 Å². The van der Waals surface area contributed by atoms with E-state index in [1.807, 2.05) is 0 Å². The lowest BCUT2D eigenvalue weighted by atomic mass is 10.1. The molecule has 2 N–H and O–H groups in total. The quantitative estimate of drug-likeness (QED) is 0.565. The fourth-order valence-corrected chi connectivity index (χ4v) is 4.27. The minimum Gasteiger partial charge on any atom is -0.298 e. The molecule has 0 aliphatic heterocycles. The van der Waals surface area contributed by atoms with E-state index < -0.39 is 15.9 Å². The summed E-state index contributed by atoms with van der Waals surface area (Å²) in [5, 5.41) is 3.04. The Hall–Kier alpha value is -3.06. The lowest BCUT2D eigenvalue weighted by Crippen LogP contribution is -2.24. The number of thiazole rings is 1. The van der Waals surface area contributed by atoms with Crippen LogP contribution in [0.3, 0.4) is 0 Å². The predicted molar refractivity (Wildman–Crippen MR) is 110 cm³/mol. The maximum atomic E-state index is 13.0. The molecule has 9 heteroatoms. The summed E-state index contributed by atoms with van der Waals surface area (Å²) in [6.45, 7) is -0.144. The average Bonchev–Trinajstić information content (AvgIpc) is 3.15. The Kier molecular flexibility index (Phi) is 6.39. The predicted octanol–water partition coefficient (Wildman–Crippen LogP) is 3.04. The van der Waals surface area contributed by atoms with E-state index in [9.17, 15) is 17.6 Å². The zero-order valence-electron chi connectivity index (χ0n) is 15.1. The molecular formula is C20H16FN3O3S2. The van der Waals surface area contributed by atoms with Crippen molar-refractivity contribution in [3.63, 3.8) is 0 Å². The van der Waals surface area contributed by atoms with Crippen LogP contribution < -0.4 is 10.0 Å². The maximum Gasteiger partial charge on any atom is 0.257 e. The summed E-state index contributed by atoms with van der Waals surface area (Å²) in [6, 6.07) is 11.8. The van der Waals surface area contributed by atoms with Crippen molar-refractivity contribution in [3.05, 3.63) is 76.5 Å². The molecule has 0 aliphatic rings. The number of hydrogen-bond donors (Lipinski definition) is 2. The molecule has 0 saturated heterocycles. The monoisotopic (exact) mass is 429 g/mol. The van der Waals surface area contributed by atoms with Gasteiger partial charge in [-0.1, -0.05) is 24.1 Å². The van der Waals surface area contributed by atoms with E-state index in [-0.39, 0.29) is 22.8 Å². The van der Waals surface area contributed by atoms with E-state index in [0.717, 1.165) is 10.4 Å². The number of nitrogens with zero attached hydrogens (tertiary/aromatic N) is 1. The number of benzene rings is 2. The van der Waals surface area contributed by atoms with Gasteiger partial charge in [-0.15, -0.1) is 17.8 Å². The smallest absolute Gasteiger partial charge is 0.257 e. The Morgan fingerprint density at radius 3 is 2.69 bits per heavy atom. The molecule has 0 saturated carbocycles. The molecule has 1 amide bonds. The van der Waals surface area contributed by atoms with Gasteiger partial charge in [-0.3, -0.25) is 10.1 Å². The van der Waals surface area contributed by atoms with Crippen LogP contribution in [0.4, 0.5) is 9.52 Å². The van der Waals surface area contributed by atoms with E-state index in [1.54, 1.807) is 18.3 Å². The largest absolute Gasteiger partial charge is 0.298 e. The highest BCUT2D eigenvalue weighted by atomic mass is 32.2. The molecule has 0 spiro atoms. The average molecular weight is 429 g/mol. The highest BCUT2D eigenvalue weighted by Crippen LogP contribution is 2.22. The minimum absolute atomic E-state index is 0.0588. The molecule has 0 radical (unpaired) electrons. The summed E-state index contributed by atoms with van der Waals surface area (Å²) in [7, 11) is -3.80. The summed E-state index contributed by atoms with van der Waals surface area (Å²) in [4.78, 5) is 17.5. The Morgan fingerprint density at radius 2 is 1.97 bits per heavy atom. The first kappa shape index (κ1) is 20.7. The summed E-state index contributed by atoms with van der Waals surface area (Å²) >= 11 is 1.29. The van der Waals surface area contributed by atoms with Crippen molar-refractivity contribution in [2.45, 2.75) is 11.3 Å². The van der Waals surface area contributed by atoms with Crippen LogP contribution in [-0.2, 0) is 16.4 Å². The Balaban J connectivity index is 1.69. The van der Waals surface area contributed by atoms with Crippen molar-refractivity contribution in [2.24, 2.45) is 0 Å². The molecule has 2 aromatic carbocycles. The van der Waals surface area contributed by atoms with Crippen LogP contribution >= 0.6 is 11.3 Å². The molecule has 0 fully saturated rings. The Bertz CT molecular complexity index is 1170. The number of sulfonamides is 1. The first-order chi connectivity index (χ1) is 13.9. The number of halogens is 1. The Morgan fingerprint density at radius 1 is 1.21 bits per heavy atom. The summed E-state index contributed by atoms with van der Waals surface area (Å²) in [6.07, 6.45) is 7.26. The van der Waals surface area contributed by atoms with Crippen molar-refractivity contribution in [1.29, 1.82) is 0 Å². The molecule has 0 atom stereocenters. The first-order valence-corrected chi connectivity index (χ1v) is 10.7. The van der Waals surface area contributed by atoms with Crippen molar-refractivity contribution in [3.8, 4) is 12.3 Å². The standard InChI is InChI=1S/C20H16FN3O3S2/c1-2-10-23-29(26,27)18-5-3-4-15(12-18)19(25)24-20-22-13-17(28-20)11-14-6-8-16(21)9-7-14/h1,3-9,12-13,23H,10-11H2,(H,22,24,25). The van der Waals surface area contributed by atoms with E-state index in [2.05, 4.69) is 20.9 Å². The van der Waals surface area contributed by atoms with Crippen LogP contribution in [-0.4, -0.2) is 25.9 Å². The third-order valence-electron chi connectivity index (χ3n) is 3.84. The summed E-state index contributed by atoms with van der Waals surface area (Å²) < 4.78 is 39.5. The van der Waals surface area contributed by atoms with Crippen molar-refractivity contribution < 1.29 is 17.6 Å². The number of carbonyl (C=O) groups excluding carboxylic acids is 1. The second-order valence-electron chi connectivity index (χ2n) is 5.95. The van der Waals surface area contributed by atoms with Gasteiger partial charge in [0, 0.05) is 23.1 Å². The number of amides is 1. The van der Waals surface area contributed by atoms with Crippen LogP contribution in [0, 0.1) is 18.2 Å². The van der Waals surface area contributed by atoms with Crippen LogP contribution in [0.5, 0.6) is 0 Å². The molecule has 148 valence electrons. The van der Waals surface area contributed by atoms with Gasteiger partial charge in [-0.25, -0.2) is 17.8 Å². The topological polar surface area (TPSA) is 88.2 Å². The van der Waals surface area contributed by atoms with Crippen molar-refractivity contribution in [1.82, 2.24) is 9.71 Å². The van der Waals surface area contributed by atoms with Gasteiger partial charge in [0.2, 0.25) is 10.0 Å². The zero-order chi connectivity index (χ0) is 20.9. The second kappa shape index (κ2) is 8.96. The number of rotatable bonds is 7. The fraction of sp³-hybridized carbons (Fsp3) is 0.100. The van der Waals surface area contributed by atoms with Gasteiger partial charge in [0.25, 0.3) is 5.91 Å². The van der Waals surface area contributed by atoms with Gasteiger partial charge >= 0.3 is 0 Å². The highest BCUT2D eigenvalue weighted by molar-refractivity contribution is 7.89. The fourth-order valence-electron chi connectivity index (χ4n) is 2.44. The molecule has 0 unspecified atom stereocenters. The van der Waals surface area contributed by atoms with E-state index >= 15 is 0 Å². The number of hydrogen-bond acceptors (Lipinski definition) is 5. The van der Waals surface area contributed by atoms with E-state index in [1.165, 1.54) is 47.7 Å². The molecule has 3 rings (SSSR count). The number of carbonyl (C=O) groups is 1. The van der Waals surface area contributed by atoms with Crippen LogP contribution in [0.25, 0.3) is 0 Å². The van der Waals surface area contributed by atoms with Crippen LogP contribution in [0.15, 0.2) is 59.6 Å². The molecule has 3 aromatic rings. The van der Waals surface area contributed by atoms with E-state index in [0.29, 0.717) is 11.6 Å². The van der Waals surface area contributed by atoms with Gasteiger partial charge in [-0.2, -0.15) is 4.72 Å². The molecule has 1 aromatic heterocycles. The van der Waals surface area contributed by atoms with E-state index in [4.69, 9.17) is 6.42 Å². The molecular weight excluding hydrogens is 413 g/mol. The van der Waals surface area contributed by atoms with Crippen LogP contribution in [0.2, 0.25) is 0 Å². The molecule has 0 aliphatic carbocycles. The molecule has 1 heterocycles. The molecule has 0 bridgehead atoms. The number of terminal acetylenes is 1. The zero-order valence-corrected chi connectivity index (χ0v) is 16.7.